The molecule has 0 aliphatic heterocycles. The number of nitrogens with one attached hydrogen (secondary N) is 1. The molecule has 1 N–H and O–H groups in total. The molecule has 1 aromatic carbocycles. The van der Waals surface area contributed by atoms with E-state index in [2.05, 4.69) is 40.6 Å². The molecule has 0 saturated carbocycles. The van der Waals surface area contributed by atoms with Crippen LogP contribution in [-0.4, -0.2) is 18.1 Å². The Morgan fingerprint density at radius 2 is 1.90 bits per heavy atom. The van der Waals surface area contributed by atoms with Crippen LogP contribution in [0.4, 0.5) is 0 Å². The van der Waals surface area contributed by atoms with Gasteiger partial charge in [0.05, 0.1) is 6.10 Å². The minimum absolute atomic E-state index is 0.199. The van der Waals surface area contributed by atoms with Gasteiger partial charge >= 0.3 is 0 Å². The number of nitrogens with zero attached hydrogens (tertiary/aromatic N) is 1. The Hall–Kier alpha value is -1.87. The van der Waals surface area contributed by atoms with Gasteiger partial charge in [-0.25, -0.2) is 0 Å². The van der Waals surface area contributed by atoms with Crippen molar-refractivity contribution in [1.82, 2.24) is 10.3 Å². The number of aromatic nitrogens is 1. The van der Waals surface area contributed by atoms with E-state index in [9.17, 15) is 0 Å². The Morgan fingerprint density at radius 3 is 2.57 bits per heavy atom. The standard InChI is InChI=1S/C18H24N2O/c1-14(2)21-17-6-4-5-16(13-17)18(19-3)8-7-15-9-11-20-12-10-15/h4-6,9-14,18-19H,7-8H2,1-3H3. The lowest BCUT2D eigenvalue weighted by Crippen LogP contribution is -2.17. The molecule has 3 nitrogen and oxygen atoms in total. The van der Waals surface area contributed by atoms with Crippen LogP contribution in [0.2, 0.25) is 0 Å². The maximum atomic E-state index is 5.78. The molecule has 1 unspecified atom stereocenters. The summed E-state index contributed by atoms with van der Waals surface area (Å²) in [6, 6.07) is 12.8. The van der Waals surface area contributed by atoms with Gasteiger partial charge in [0.25, 0.3) is 0 Å². The molecule has 21 heavy (non-hydrogen) atoms. The van der Waals surface area contributed by atoms with Crippen molar-refractivity contribution < 1.29 is 4.74 Å². The van der Waals surface area contributed by atoms with Gasteiger partial charge in [-0.1, -0.05) is 12.1 Å². The van der Waals surface area contributed by atoms with Crippen molar-refractivity contribution in [3.05, 3.63) is 59.9 Å². The second-order valence-electron chi connectivity index (χ2n) is 5.47. The summed E-state index contributed by atoms with van der Waals surface area (Å²) in [5.41, 5.74) is 2.59. The van der Waals surface area contributed by atoms with Gasteiger partial charge < -0.3 is 10.1 Å². The number of pyridine rings is 1. The molecule has 112 valence electrons. The summed E-state index contributed by atoms with van der Waals surface area (Å²) in [7, 11) is 2.01. The van der Waals surface area contributed by atoms with E-state index in [0.29, 0.717) is 6.04 Å². The van der Waals surface area contributed by atoms with Crippen LogP contribution in [0.3, 0.4) is 0 Å². The highest BCUT2D eigenvalue weighted by molar-refractivity contribution is 5.31. The molecule has 2 aromatic rings. The first-order valence-corrected chi connectivity index (χ1v) is 7.52. The van der Waals surface area contributed by atoms with E-state index in [1.165, 1.54) is 11.1 Å². The molecule has 0 aliphatic rings. The Bertz CT molecular complexity index is 540. The number of aryl methyl sites for hydroxylation is 1. The summed E-state index contributed by atoms with van der Waals surface area (Å²) in [6.45, 7) is 4.09. The van der Waals surface area contributed by atoms with E-state index in [1.54, 1.807) is 0 Å². The van der Waals surface area contributed by atoms with Gasteiger partial charge in [-0.05, 0) is 69.1 Å². The third-order valence-electron chi connectivity index (χ3n) is 3.45. The minimum atomic E-state index is 0.199. The second-order valence-corrected chi connectivity index (χ2v) is 5.47. The van der Waals surface area contributed by atoms with Gasteiger partial charge in [0.15, 0.2) is 0 Å². The highest BCUT2D eigenvalue weighted by Crippen LogP contribution is 2.23. The lowest BCUT2D eigenvalue weighted by molar-refractivity contribution is 0.242. The molecule has 1 aromatic heterocycles. The van der Waals surface area contributed by atoms with Crippen LogP contribution in [-0.2, 0) is 6.42 Å². The number of hydrogen-bond acceptors (Lipinski definition) is 3. The van der Waals surface area contributed by atoms with Gasteiger partial charge in [-0.2, -0.15) is 0 Å². The van der Waals surface area contributed by atoms with Gasteiger partial charge in [0.2, 0.25) is 0 Å². The van der Waals surface area contributed by atoms with E-state index < -0.39 is 0 Å². The van der Waals surface area contributed by atoms with E-state index in [-0.39, 0.29) is 6.10 Å². The monoisotopic (exact) mass is 284 g/mol. The fraction of sp³-hybridized carbons (Fsp3) is 0.389. The zero-order chi connectivity index (χ0) is 15.1. The lowest BCUT2D eigenvalue weighted by Gasteiger charge is -2.18. The van der Waals surface area contributed by atoms with Crippen LogP contribution in [0.1, 0.15) is 37.4 Å². The maximum absolute atomic E-state index is 5.78. The van der Waals surface area contributed by atoms with Crippen molar-refractivity contribution in [3.8, 4) is 5.75 Å². The van der Waals surface area contributed by atoms with Crippen LogP contribution >= 0.6 is 0 Å². The van der Waals surface area contributed by atoms with Crippen LogP contribution in [0.15, 0.2) is 48.8 Å². The van der Waals surface area contributed by atoms with E-state index in [1.807, 2.05) is 39.4 Å². The fourth-order valence-electron chi connectivity index (χ4n) is 2.41. The van der Waals surface area contributed by atoms with Crippen LogP contribution in [0.25, 0.3) is 0 Å². The molecule has 1 atom stereocenters. The molecule has 1 heterocycles. The quantitative estimate of drug-likeness (QED) is 0.840. The molecule has 0 radical (unpaired) electrons. The van der Waals surface area contributed by atoms with E-state index in [0.717, 1.165) is 18.6 Å². The Kier molecular flexibility index (Phi) is 5.76. The SMILES string of the molecule is CNC(CCc1ccncc1)c1cccc(OC(C)C)c1. The Morgan fingerprint density at radius 1 is 1.14 bits per heavy atom. The predicted octanol–water partition coefficient (Wildman–Crippen LogP) is 3.76. The molecule has 0 amide bonds. The molecule has 3 heteroatoms. The minimum Gasteiger partial charge on any atom is -0.491 e. The van der Waals surface area contributed by atoms with Crippen LogP contribution in [0.5, 0.6) is 5.75 Å². The third-order valence-corrected chi connectivity index (χ3v) is 3.45. The Balaban J connectivity index is 2.03. The van der Waals surface area contributed by atoms with Gasteiger partial charge in [0, 0.05) is 18.4 Å². The van der Waals surface area contributed by atoms with Gasteiger partial charge in [-0.3, -0.25) is 4.98 Å². The highest BCUT2D eigenvalue weighted by Gasteiger charge is 2.10. The zero-order valence-corrected chi connectivity index (χ0v) is 13.0. The third kappa shape index (κ3) is 4.87. The highest BCUT2D eigenvalue weighted by atomic mass is 16.5. The van der Waals surface area contributed by atoms with E-state index >= 15 is 0 Å². The molecular formula is C18H24N2O. The number of rotatable bonds is 7. The normalized spacial score (nSPS) is 12.4. The van der Waals surface area contributed by atoms with Crippen molar-refractivity contribution in [2.24, 2.45) is 0 Å². The molecule has 0 fully saturated rings. The first-order valence-electron chi connectivity index (χ1n) is 7.52. The number of hydrogen-bond donors (Lipinski definition) is 1. The predicted molar refractivity (Wildman–Crippen MR) is 86.6 cm³/mol. The molecule has 0 spiro atoms. The Labute approximate surface area is 127 Å². The summed E-state index contributed by atoms with van der Waals surface area (Å²) in [4.78, 5) is 4.06. The topological polar surface area (TPSA) is 34.2 Å². The van der Waals surface area contributed by atoms with E-state index in [4.69, 9.17) is 4.74 Å². The summed E-state index contributed by atoms with van der Waals surface area (Å²) in [5.74, 6) is 0.937. The molecule has 2 rings (SSSR count). The molecule has 0 aliphatic carbocycles. The smallest absolute Gasteiger partial charge is 0.120 e. The molecular weight excluding hydrogens is 260 g/mol. The number of ether oxygens (including phenoxy) is 1. The van der Waals surface area contributed by atoms with Crippen molar-refractivity contribution in [1.29, 1.82) is 0 Å². The first kappa shape index (κ1) is 15.5. The van der Waals surface area contributed by atoms with Gasteiger partial charge in [0.1, 0.15) is 5.75 Å². The fourth-order valence-corrected chi connectivity index (χ4v) is 2.41. The van der Waals surface area contributed by atoms with Crippen molar-refractivity contribution in [2.45, 2.75) is 38.8 Å². The average Bonchev–Trinajstić information content (AvgIpc) is 2.49. The number of benzene rings is 1. The van der Waals surface area contributed by atoms with Gasteiger partial charge in [-0.15, -0.1) is 0 Å². The van der Waals surface area contributed by atoms with Crippen molar-refractivity contribution >= 4 is 0 Å². The molecule has 0 saturated heterocycles. The zero-order valence-electron chi connectivity index (χ0n) is 13.0. The second kappa shape index (κ2) is 7.79. The van der Waals surface area contributed by atoms with Crippen molar-refractivity contribution in [3.63, 3.8) is 0 Å². The summed E-state index contributed by atoms with van der Waals surface area (Å²) in [5, 5.41) is 3.40. The van der Waals surface area contributed by atoms with Crippen molar-refractivity contribution in [2.75, 3.05) is 7.05 Å². The summed E-state index contributed by atoms with van der Waals surface area (Å²) < 4.78 is 5.78. The average molecular weight is 284 g/mol. The largest absolute Gasteiger partial charge is 0.491 e. The van der Waals surface area contributed by atoms with Crippen LogP contribution in [0, 0.1) is 0 Å². The summed E-state index contributed by atoms with van der Waals surface area (Å²) in [6.07, 6.45) is 5.97. The lowest BCUT2D eigenvalue weighted by atomic mass is 9.99. The summed E-state index contributed by atoms with van der Waals surface area (Å²) >= 11 is 0. The first-order chi connectivity index (χ1) is 10.2. The maximum Gasteiger partial charge on any atom is 0.120 e. The van der Waals surface area contributed by atoms with Crippen LogP contribution < -0.4 is 10.1 Å². The molecule has 0 bridgehead atoms.